The molecule has 1 aromatic heterocycles. The van der Waals surface area contributed by atoms with Crippen molar-refractivity contribution in [1.82, 2.24) is 20.2 Å². The highest BCUT2D eigenvalue weighted by molar-refractivity contribution is 5.40. The molecule has 21 heavy (non-hydrogen) atoms. The van der Waals surface area contributed by atoms with Crippen molar-refractivity contribution < 1.29 is 9.47 Å². The molecule has 1 aromatic carbocycles. The molecular weight excluding hydrogens is 270 g/mol. The van der Waals surface area contributed by atoms with E-state index in [0.717, 1.165) is 23.9 Å². The molecule has 1 aliphatic rings. The van der Waals surface area contributed by atoms with E-state index in [-0.39, 0.29) is 12.1 Å². The summed E-state index contributed by atoms with van der Waals surface area (Å²) in [6, 6.07) is 7.52. The number of hydrogen-bond acceptors (Lipinski definition) is 6. The van der Waals surface area contributed by atoms with E-state index in [4.69, 9.17) is 15.3 Å². The van der Waals surface area contributed by atoms with Crippen molar-refractivity contribution in [3.05, 3.63) is 36.4 Å². The third-order valence-corrected chi connectivity index (χ3v) is 3.59. The van der Waals surface area contributed by atoms with Crippen molar-refractivity contribution in [1.29, 1.82) is 0 Å². The number of rotatable bonds is 5. The highest BCUT2D eigenvalue weighted by Gasteiger charge is 2.29. The molecule has 0 amide bonds. The van der Waals surface area contributed by atoms with Gasteiger partial charge in [-0.15, -0.1) is 0 Å². The summed E-state index contributed by atoms with van der Waals surface area (Å²) in [5, 5.41) is 4.17. The first-order chi connectivity index (χ1) is 10.3. The van der Waals surface area contributed by atoms with Gasteiger partial charge in [-0.1, -0.05) is 12.1 Å². The van der Waals surface area contributed by atoms with Crippen molar-refractivity contribution >= 4 is 0 Å². The zero-order valence-electron chi connectivity index (χ0n) is 11.9. The maximum absolute atomic E-state index is 5.98. The summed E-state index contributed by atoms with van der Waals surface area (Å²) < 4.78 is 13.6. The first kappa shape index (κ1) is 13.8. The molecule has 2 atom stereocenters. The second kappa shape index (κ2) is 6.11. The maximum atomic E-state index is 5.98. The van der Waals surface area contributed by atoms with E-state index < -0.39 is 0 Å². The number of para-hydroxylation sites is 2. The minimum atomic E-state index is -0.174. The van der Waals surface area contributed by atoms with Gasteiger partial charge in [0.15, 0.2) is 11.5 Å². The number of benzene rings is 1. The number of aryl methyl sites for hydroxylation is 1. The Balaban J connectivity index is 1.73. The molecule has 2 unspecified atom stereocenters. The van der Waals surface area contributed by atoms with Crippen LogP contribution >= 0.6 is 0 Å². The zero-order chi connectivity index (χ0) is 14.7. The normalized spacial score (nSPS) is 18.5. The highest BCUT2D eigenvalue weighted by atomic mass is 16.6. The first-order valence-corrected chi connectivity index (χ1v) is 7.03. The number of nitrogens with one attached hydrogen (secondary N) is 1. The quantitative estimate of drug-likeness (QED) is 0.616. The molecule has 0 saturated heterocycles. The number of hydrazine groups is 1. The number of aromatic nitrogens is 3. The van der Waals surface area contributed by atoms with E-state index in [2.05, 4.69) is 15.5 Å². The second-order valence-electron chi connectivity index (χ2n) is 4.88. The highest BCUT2D eigenvalue weighted by Crippen LogP contribution is 2.31. The average molecular weight is 289 g/mol. The van der Waals surface area contributed by atoms with Gasteiger partial charge in [0.05, 0.1) is 6.04 Å². The van der Waals surface area contributed by atoms with Crippen molar-refractivity contribution in [2.24, 2.45) is 5.84 Å². The third-order valence-electron chi connectivity index (χ3n) is 3.59. The molecule has 0 fully saturated rings. The van der Waals surface area contributed by atoms with Crippen LogP contribution in [0, 0.1) is 0 Å². The Hall–Kier alpha value is -2.12. The predicted molar refractivity (Wildman–Crippen MR) is 76.9 cm³/mol. The van der Waals surface area contributed by atoms with Crippen LogP contribution in [-0.2, 0) is 13.0 Å². The number of hydrogen-bond donors (Lipinski definition) is 2. The maximum Gasteiger partial charge on any atom is 0.161 e. The van der Waals surface area contributed by atoms with Crippen LogP contribution in [0.2, 0.25) is 0 Å². The molecule has 7 heteroatoms. The molecule has 2 aromatic rings. The van der Waals surface area contributed by atoms with Crippen LogP contribution in [0.4, 0.5) is 0 Å². The molecule has 2 heterocycles. The molecule has 0 aliphatic carbocycles. The molecule has 1 aliphatic heterocycles. The standard InChI is InChI=1S/C14H19N5O2/c1-2-19-14(16-9-17-19)7-10(18-15)13-8-20-11-5-3-4-6-12(11)21-13/h3-6,9-10,13,18H,2,7-8,15H2,1H3. The van der Waals surface area contributed by atoms with Crippen LogP contribution in [0.1, 0.15) is 12.7 Å². The lowest BCUT2D eigenvalue weighted by molar-refractivity contribution is 0.0611. The molecule has 0 spiro atoms. The second-order valence-corrected chi connectivity index (χ2v) is 4.88. The van der Waals surface area contributed by atoms with Crippen LogP contribution in [0.5, 0.6) is 11.5 Å². The summed E-state index contributed by atoms with van der Waals surface area (Å²) in [4.78, 5) is 4.27. The third kappa shape index (κ3) is 2.84. The lowest BCUT2D eigenvalue weighted by atomic mass is 10.1. The smallest absolute Gasteiger partial charge is 0.161 e. The van der Waals surface area contributed by atoms with Gasteiger partial charge in [0, 0.05) is 13.0 Å². The van der Waals surface area contributed by atoms with E-state index in [1.165, 1.54) is 0 Å². The number of nitrogens with two attached hydrogens (primary N) is 1. The van der Waals surface area contributed by atoms with Crippen molar-refractivity contribution in [2.45, 2.75) is 32.0 Å². The van der Waals surface area contributed by atoms with E-state index >= 15 is 0 Å². The largest absolute Gasteiger partial charge is 0.486 e. The van der Waals surface area contributed by atoms with Gasteiger partial charge in [0.25, 0.3) is 0 Å². The van der Waals surface area contributed by atoms with Gasteiger partial charge in [-0.25, -0.2) is 4.98 Å². The van der Waals surface area contributed by atoms with E-state index in [1.807, 2.05) is 35.9 Å². The molecule has 7 nitrogen and oxygen atoms in total. The van der Waals surface area contributed by atoms with Crippen LogP contribution in [0.15, 0.2) is 30.6 Å². The number of nitrogens with zero attached hydrogens (tertiary/aromatic N) is 3. The van der Waals surface area contributed by atoms with Crippen molar-refractivity contribution in [3.8, 4) is 11.5 Å². The Morgan fingerprint density at radius 2 is 2.24 bits per heavy atom. The molecule has 0 saturated carbocycles. The summed E-state index contributed by atoms with van der Waals surface area (Å²) >= 11 is 0. The minimum Gasteiger partial charge on any atom is -0.486 e. The van der Waals surface area contributed by atoms with Crippen LogP contribution < -0.4 is 20.7 Å². The molecule has 0 radical (unpaired) electrons. The fraction of sp³-hybridized carbons (Fsp3) is 0.429. The summed E-state index contributed by atoms with van der Waals surface area (Å²) in [5.74, 6) is 8.07. The van der Waals surface area contributed by atoms with Crippen molar-refractivity contribution in [3.63, 3.8) is 0 Å². The SMILES string of the molecule is CCn1ncnc1CC(NN)C1COc2ccccc2O1. The monoisotopic (exact) mass is 289 g/mol. The lowest BCUT2D eigenvalue weighted by Crippen LogP contribution is -2.52. The van der Waals surface area contributed by atoms with Gasteiger partial charge in [0.1, 0.15) is 24.9 Å². The molecule has 3 rings (SSSR count). The van der Waals surface area contributed by atoms with Gasteiger partial charge >= 0.3 is 0 Å². The number of fused-ring (bicyclic) bond motifs is 1. The molecule has 3 N–H and O–H groups in total. The summed E-state index contributed by atoms with van der Waals surface area (Å²) in [5.41, 5.74) is 2.81. The first-order valence-electron chi connectivity index (χ1n) is 7.03. The van der Waals surface area contributed by atoms with Crippen LogP contribution in [-0.4, -0.2) is 33.5 Å². The summed E-state index contributed by atoms with van der Waals surface area (Å²) in [6.07, 6.45) is 2.01. The predicted octanol–water partition coefficient (Wildman–Crippen LogP) is 0.512. The fourth-order valence-electron chi connectivity index (χ4n) is 2.44. The lowest BCUT2D eigenvalue weighted by Gasteiger charge is -2.31. The minimum absolute atomic E-state index is 0.104. The van der Waals surface area contributed by atoms with Gasteiger partial charge in [-0.05, 0) is 19.1 Å². The van der Waals surface area contributed by atoms with Crippen molar-refractivity contribution in [2.75, 3.05) is 6.61 Å². The Labute approximate surface area is 123 Å². The molecule has 0 bridgehead atoms. The van der Waals surface area contributed by atoms with Gasteiger partial charge in [0.2, 0.25) is 0 Å². The van der Waals surface area contributed by atoms with Crippen LogP contribution in [0.3, 0.4) is 0 Å². The van der Waals surface area contributed by atoms with E-state index in [1.54, 1.807) is 6.33 Å². The van der Waals surface area contributed by atoms with Gasteiger partial charge < -0.3 is 9.47 Å². The molecular formula is C14H19N5O2. The van der Waals surface area contributed by atoms with Crippen LogP contribution in [0.25, 0.3) is 0 Å². The molecule has 112 valence electrons. The van der Waals surface area contributed by atoms with Gasteiger partial charge in [-0.2, -0.15) is 5.10 Å². The fourth-order valence-corrected chi connectivity index (χ4v) is 2.44. The summed E-state index contributed by atoms with van der Waals surface area (Å²) in [7, 11) is 0. The Morgan fingerprint density at radius 3 is 3.00 bits per heavy atom. The Kier molecular flexibility index (Phi) is 4.03. The van der Waals surface area contributed by atoms with E-state index in [0.29, 0.717) is 13.0 Å². The Bertz CT molecular complexity index is 601. The Morgan fingerprint density at radius 1 is 1.43 bits per heavy atom. The zero-order valence-corrected chi connectivity index (χ0v) is 11.9. The van der Waals surface area contributed by atoms with Gasteiger partial charge in [-0.3, -0.25) is 16.0 Å². The van der Waals surface area contributed by atoms with E-state index in [9.17, 15) is 0 Å². The summed E-state index contributed by atoms with van der Waals surface area (Å²) in [6.45, 7) is 3.25. The average Bonchev–Trinajstić information content (AvgIpc) is 2.99. The number of ether oxygens (including phenoxy) is 2. The topological polar surface area (TPSA) is 87.2 Å².